The minimum absolute atomic E-state index is 0.210. The molecule has 150 valence electrons. The van der Waals surface area contributed by atoms with Gasteiger partial charge in [0.25, 0.3) is 11.8 Å². The molecule has 0 saturated heterocycles. The molecule has 3 aromatic rings. The molecule has 2 amide bonds. The lowest BCUT2D eigenvalue weighted by atomic mass is 9.97. The number of allylic oxidation sites excluding steroid dienone is 1. The summed E-state index contributed by atoms with van der Waals surface area (Å²) in [5.74, 6) is 0.224. The van der Waals surface area contributed by atoms with Gasteiger partial charge in [-0.25, -0.2) is 4.98 Å². The van der Waals surface area contributed by atoms with Gasteiger partial charge in [0.2, 0.25) is 5.82 Å². The van der Waals surface area contributed by atoms with Crippen molar-refractivity contribution in [2.45, 2.75) is 38.6 Å². The number of carbonyl (C=O) groups is 2. The Morgan fingerprint density at radius 2 is 2.03 bits per heavy atom. The number of rotatable bonds is 7. The summed E-state index contributed by atoms with van der Waals surface area (Å²) < 4.78 is 6.89. The van der Waals surface area contributed by atoms with Crippen LogP contribution in [0.1, 0.15) is 59.0 Å². The second-order valence-corrected chi connectivity index (χ2v) is 7.12. The molecule has 29 heavy (non-hydrogen) atoms. The first-order valence-corrected chi connectivity index (χ1v) is 9.96. The average molecular weight is 392 g/mol. The third-order valence-corrected chi connectivity index (χ3v) is 5.09. The minimum Gasteiger partial charge on any atom is -0.467 e. The van der Waals surface area contributed by atoms with Crippen LogP contribution in [0.2, 0.25) is 0 Å². The molecule has 7 heteroatoms. The number of amides is 2. The molecule has 1 aliphatic rings. The first-order chi connectivity index (χ1) is 14.2. The lowest BCUT2D eigenvalue weighted by Gasteiger charge is -2.12. The molecular formula is C22H24N4O3. The van der Waals surface area contributed by atoms with E-state index in [2.05, 4.69) is 21.7 Å². The lowest BCUT2D eigenvalue weighted by Crippen LogP contribution is -2.27. The van der Waals surface area contributed by atoms with Gasteiger partial charge in [-0.1, -0.05) is 17.7 Å². The fraction of sp³-hybridized carbons (Fsp3) is 0.318. The number of carbonyl (C=O) groups excluding carboxylic acids is 2. The van der Waals surface area contributed by atoms with Crippen LogP contribution in [-0.2, 0) is 6.54 Å². The van der Waals surface area contributed by atoms with Crippen LogP contribution in [0.3, 0.4) is 0 Å². The number of furan rings is 1. The Hall–Kier alpha value is -3.35. The van der Waals surface area contributed by atoms with Crippen LogP contribution in [0.15, 0.2) is 58.9 Å². The maximum absolute atomic E-state index is 12.7. The molecule has 0 radical (unpaired) electrons. The average Bonchev–Trinajstić information content (AvgIpc) is 3.41. The van der Waals surface area contributed by atoms with Crippen molar-refractivity contribution < 1.29 is 14.0 Å². The highest BCUT2D eigenvalue weighted by Gasteiger charge is 2.21. The van der Waals surface area contributed by atoms with Crippen LogP contribution in [-0.4, -0.2) is 27.7 Å². The highest BCUT2D eigenvalue weighted by atomic mass is 16.3. The highest BCUT2D eigenvalue weighted by Crippen LogP contribution is 2.19. The molecule has 0 unspecified atom stereocenters. The van der Waals surface area contributed by atoms with Crippen LogP contribution >= 0.6 is 0 Å². The topological polar surface area (TPSA) is 88.6 Å². The van der Waals surface area contributed by atoms with E-state index < -0.39 is 0 Å². The number of pyridine rings is 1. The molecule has 3 aromatic heterocycles. The maximum atomic E-state index is 12.7. The molecule has 0 spiro atoms. The van der Waals surface area contributed by atoms with Crippen molar-refractivity contribution in [3.63, 3.8) is 0 Å². The van der Waals surface area contributed by atoms with E-state index in [-0.39, 0.29) is 29.9 Å². The molecule has 0 bridgehead atoms. The van der Waals surface area contributed by atoms with Crippen LogP contribution in [0.4, 0.5) is 0 Å². The van der Waals surface area contributed by atoms with Crippen LogP contribution in [0.5, 0.6) is 0 Å². The highest BCUT2D eigenvalue weighted by molar-refractivity contribution is 6.02. The molecule has 0 fully saturated rings. The fourth-order valence-electron chi connectivity index (χ4n) is 3.58. The Balaban J connectivity index is 1.46. The van der Waals surface area contributed by atoms with E-state index in [4.69, 9.17) is 4.42 Å². The van der Waals surface area contributed by atoms with Gasteiger partial charge in [-0.3, -0.25) is 14.0 Å². The van der Waals surface area contributed by atoms with Gasteiger partial charge in [-0.2, -0.15) is 0 Å². The molecule has 1 aliphatic carbocycles. The summed E-state index contributed by atoms with van der Waals surface area (Å²) in [6, 6.07) is 8.95. The maximum Gasteiger partial charge on any atom is 0.287 e. The van der Waals surface area contributed by atoms with E-state index in [1.165, 1.54) is 18.4 Å². The number of hydrogen-bond acceptors (Lipinski definition) is 4. The van der Waals surface area contributed by atoms with Gasteiger partial charge in [0, 0.05) is 12.7 Å². The van der Waals surface area contributed by atoms with Gasteiger partial charge in [0.1, 0.15) is 5.76 Å². The van der Waals surface area contributed by atoms with Crippen molar-refractivity contribution in [1.82, 2.24) is 20.0 Å². The third kappa shape index (κ3) is 4.39. The van der Waals surface area contributed by atoms with Crippen molar-refractivity contribution in [2.75, 3.05) is 6.54 Å². The first-order valence-electron chi connectivity index (χ1n) is 9.96. The summed E-state index contributed by atoms with van der Waals surface area (Å²) in [4.78, 5) is 29.7. The van der Waals surface area contributed by atoms with Crippen LogP contribution < -0.4 is 10.6 Å². The summed E-state index contributed by atoms with van der Waals surface area (Å²) in [5.41, 5.74) is 2.21. The Labute approximate surface area is 168 Å². The second kappa shape index (κ2) is 8.77. The second-order valence-electron chi connectivity index (χ2n) is 7.12. The summed E-state index contributed by atoms with van der Waals surface area (Å²) >= 11 is 0. The molecule has 3 heterocycles. The van der Waals surface area contributed by atoms with Crippen molar-refractivity contribution in [2.24, 2.45) is 0 Å². The number of aromatic nitrogens is 2. The molecule has 4 rings (SSSR count). The fourth-order valence-corrected chi connectivity index (χ4v) is 3.58. The van der Waals surface area contributed by atoms with Gasteiger partial charge in [-0.15, -0.1) is 0 Å². The summed E-state index contributed by atoms with van der Waals surface area (Å²) in [7, 11) is 0. The van der Waals surface area contributed by atoms with Crippen molar-refractivity contribution in [3.8, 4) is 0 Å². The number of fused-ring (bicyclic) bond motifs is 1. The largest absolute Gasteiger partial charge is 0.467 e. The van der Waals surface area contributed by atoms with E-state index in [9.17, 15) is 9.59 Å². The lowest BCUT2D eigenvalue weighted by molar-refractivity contribution is 0.0942. The number of imidazole rings is 1. The summed E-state index contributed by atoms with van der Waals surface area (Å²) in [5, 5.41) is 5.72. The number of nitrogens with zero attached hydrogens (tertiary/aromatic N) is 2. The zero-order chi connectivity index (χ0) is 20.1. The molecule has 0 atom stereocenters. The Bertz CT molecular complexity index is 1030. The smallest absolute Gasteiger partial charge is 0.287 e. The number of hydrogen-bond donors (Lipinski definition) is 2. The van der Waals surface area contributed by atoms with E-state index in [0.29, 0.717) is 17.8 Å². The first kappa shape index (κ1) is 19.0. The van der Waals surface area contributed by atoms with Crippen molar-refractivity contribution in [3.05, 3.63) is 71.7 Å². The molecule has 2 N–H and O–H groups in total. The monoisotopic (exact) mass is 392 g/mol. The Morgan fingerprint density at radius 1 is 1.10 bits per heavy atom. The van der Waals surface area contributed by atoms with E-state index >= 15 is 0 Å². The zero-order valence-electron chi connectivity index (χ0n) is 16.2. The SMILES string of the molecule is O=C(NCc1ccco1)c1nc(C(=O)NCCC2=CCCCC2)n2ccccc12. The number of nitrogens with one attached hydrogen (secondary N) is 2. The van der Waals surface area contributed by atoms with Gasteiger partial charge in [0.15, 0.2) is 5.69 Å². The molecule has 0 aromatic carbocycles. The summed E-state index contributed by atoms with van der Waals surface area (Å²) in [6.07, 6.45) is 11.1. The van der Waals surface area contributed by atoms with Crippen molar-refractivity contribution >= 4 is 17.3 Å². The van der Waals surface area contributed by atoms with Gasteiger partial charge in [-0.05, 0) is 56.4 Å². The van der Waals surface area contributed by atoms with Gasteiger partial charge < -0.3 is 15.1 Å². The minimum atomic E-state index is -0.350. The normalized spacial score (nSPS) is 13.9. The Morgan fingerprint density at radius 3 is 2.83 bits per heavy atom. The third-order valence-electron chi connectivity index (χ3n) is 5.09. The zero-order valence-corrected chi connectivity index (χ0v) is 16.2. The molecular weight excluding hydrogens is 368 g/mol. The van der Waals surface area contributed by atoms with Crippen molar-refractivity contribution in [1.29, 1.82) is 0 Å². The quantitative estimate of drug-likeness (QED) is 0.603. The predicted octanol–water partition coefficient (Wildman–Crippen LogP) is 3.48. The van der Waals surface area contributed by atoms with Crippen LogP contribution in [0.25, 0.3) is 5.52 Å². The molecule has 7 nitrogen and oxygen atoms in total. The summed E-state index contributed by atoms with van der Waals surface area (Å²) in [6.45, 7) is 0.820. The van der Waals surface area contributed by atoms with E-state index in [0.717, 1.165) is 19.3 Å². The van der Waals surface area contributed by atoms with Gasteiger partial charge >= 0.3 is 0 Å². The van der Waals surface area contributed by atoms with E-state index in [1.54, 1.807) is 35.1 Å². The molecule has 0 aliphatic heterocycles. The Kier molecular flexibility index (Phi) is 5.74. The predicted molar refractivity (Wildman–Crippen MR) is 109 cm³/mol. The standard InChI is InChI=1S/C22H24N4O3/c27-21(24-15-17-9-6-14-29-17)19-18-10-4-5-13-26(18)20(25-19)22(28)23-12-11-16-7-2-1-3-8-16/h4-7,9-10,13-14H,1-3,8,11-12,15H2,(H,23,28)(H,24,27). The van der Waals surface area contributed by atoms with Gasteiger partial charge in [0.05, 0.1) is 18.3 Å². The molecule has 0 saturated carbocycles. The van der Waals surface area contributed by atoms with E-state index in [1.807, 2.05) is 12.1 Å². The van der Waals surface area contributed by atoms with Crippen LogP contribution in [0, 0.1) is 0 Å².